The fourth-order valence-electron chi connectivity index (χ4n) is 7.81. The molecule has 1 saturated heterocycles. The van der Waals surface area contributed by atoms with Crippen molar-refractivity contribution < 1.29 is 28.6 Å². The lowest BCUT2D eigenvalue weighted by Gasteiger charge is -2.57. The molecule has 2 fully saturated rings. The van der Waals surface area contributed by atoms with Crippen molar-refractivity contribution in [2.24, 2.45) is 5.92 Å². The van der Waals surface area contributed by atoms with Gasteiger partial charge in [0.25, 0.3) is 0 Å². The Bertz CT molecular complexity index is 1440. The lowest BCUT2D eigenvalue weighted by atomic mass is 9.58. The van der Waals surface area contributed by atoms with Crippen LogP contribution >= 0.6 is 0 Å². The summed E-state index contributed by atoms with van der Waals surface area (Å²) >= 11 is 0. The van der Waals surface area contributed by atoms with Crippen LogP contribution in [0.15, 0.2) is 59.7 Å². The second-order valence-corrected chi connectivity index (χ2v) is 17.9. The maximum atomic E-state index is 14.2. The van der Waals surface area contributed by atoms with E-state index in [0.717, 1.165) is 19.3 Å². The van der Waals surface area contributed by atoms with Gasteiger partial charge in [0.2, 0.25) is 0 Å². The SMILES string of the molecule is CC(=O)Oc1cccc2c1C(=O)C1=C(C2=O)[C@@H]2CC[C@](C)([Si](C)(C)c3ccccc3)C[C@@]23OC(C)(C)O[C@H]3C1. The smallest absolute Gasteiger partial charge is 0.308 e. The van der Waals surface area contributed by atoms with Gasteiger partial charge >= 0.3 is 5.97 Å². The predicted octanol–water partition coefficient (Wildman–Crippen LogP) is 5.76. The Morgan fingerprint density at radius 3 is 2.41 bits per heavy atom. The van der Waals surface area contributed by atoms with Gasteiger partial charge in [-0.2, -0.15) is 0 Å². The van der Waals surface area contributed by atoms with E-state index in [1.807, 2.05) is 13.8 Å². The molecule has 1 heterocycles. The molecular weight excluding hydrogens is 508 g/mol. The molecule has 204 valence electrons. The highest BCUT2D eigenvalue weighted by Gasteiger charge is 2.67. The molecule has 2 aromatic rings. The Hall–Kier alpha value is -2.87. The van der Waals surface area contributed by atoms with E-state index in [-0.39, 0.29) is 39.9 Å². The number of ether oxygens (including phenoxy) is 3. The Morgan fingerprint density at radius 2 is 1.72 bits per heavy atom. The van der Waals surface area contributed by atoms with Crippen LogP contribution in [-0.2, 0) is 14.3 Å². The number of carbonyl (C=O) groups excluding carboxylic acids is 3. The van der Waals surface area contributed by atoms with E-state index in [2.05, 4.69) is 50.3 Å². The van der Waals surface area contributed by atoms with Crippen LogP contribution in [0.2, 0.25) is 18.1 Å². The van der Waals surface area contributed by atoms with Gasteiger partial charge in [-0.3, -0.25) is 14.4 Å². The van der Waals surface area contributed by atoms with Gasteiger partial charge in [0, 0.05) is 36.0 Å². The first-order chi connectivity index (χ1) is 18.3. The van der Waals surface area contributed by atoms with E-state index in [1.165, 1.54) is 12.1 Å². The van der Waals surface area contributed by atoms with Crippen LogP contribution in [0, 0.1) is 5.92 Å². The summed E-state index contributed by atoms with van der Waals surface area (Å²) in [5.41, 5.74) is 0.848. The lowest BCUT2D eigenvalue weighted by Crippen LogP contribution is -2.62. The van der Waals surface area contributed by atoms with Gasteiger partial charge in [0.05, 0.1) is 19.7 Å². The normalized spacial score (nSPS) is 31.2. The van der Waals surface area contributed by atoms with Gasteiger partial charge in [0.15, 0.2) is 17.4 Å². The third-order valence-electron chi connectivity index (χ3n) is 9.99. The van der Waals surface area contributed by atoms with Gasteiger partial charge in [-0.25, -0.2) is 0 Å². The van der Waals surface area contributed by atoms with E-state index in [1.54, 1.807) is 18.2 Å². The highest BCUT2D eigenvalue weighted by atomic mass is 28.3. The summed E-state index contributed by atoms with van der Waals surface area (Å²) in [4.78, 5) is 39.9. The number of rotatable bonds is 3. The molecule has 3 aliphatic carbocycles. The van der Waals surface area contributed by atoms with Crippen molar-refractivity contribution in [3.8, 4) is 5.75 Å². The summed E-state index contributed by atoms with van der Waals surface area (Å²) in [5, 5.41) is 1.40. The molecule has 0 amide bonds. The zero-order valence-electron chi connectivity index (χ0n) is 23.6. The van der Waals surface area contributed by atoms with Crippen LogP contribution in [0.5, 0.6) is 5.75 Å². The van der Waals surface area contributed by atoms with Gasteiger partial charge in [0.1, 0.15) is 11.4 Å². The first-order valence-electron chi connectivity index (χ1n) is 13.9. The Morgan fingerprint density at radius 1 is 1.00 bits per heavy atom. The van der Waals surface area contributed by atoms with Crippen molar-refractivity contribution in [2.45, 2.75) is 89.0 Å². The van der Waals surface area contributed by atoms with Crippen LogP contribution < -0.4 is 9.92 Å². The molecule has 0 bridgehead atoms. The molecule has 6 rings (SSSR count). The van der Waals surface area contributed by atoms with Crippen molar-refractivity contribution in [3.05, 3.63) is 70.8 Å². The number of benzene rings is 2. The van der Waals surface area contributed by atoms with Gasteiger partial charge < -0.3 is 14.2 Å². The van der Waals surface area contributed by atoms with Crippen molar-refractivity contribution in [1.29, 1.82) is 0 Å². The molecule has 7 heteroatoms. The molecule has 1 spiro atoms. The quantitative estimate of drug-likeness (QED) is 0.278. The first kappa shape index (κ1) is 26.4. The van der Waals surface area contributed by atoms with Crippen LogP contribution in [0.3, 0.4) is 0 Å². The van der Waals surface area contributed by atoms with E-state index < -0.39 is 25.4 Å². The zero-order chi connectivity index (χ0) is 28.0. The first-order valence-corrected chi connectivity index (χ1v) is 16.9. The molecule has 0 aromatic heterocycles. The highest BCUT2D eigenvalue weighted by molar-refractivity contribution is 6.92. The summed E-state index contributed by atoms with van der Waals surface area (Å²) in [6, 6.07) is 15.7. The second kappa shape index (κ2) is 8.56. The van der Waals surface area contributed by atoms with Crippen LogP contribution in [0.4, 0.5) is 0 Å². The molecule has 2 aromatic carbocycles. The highest BCUT2D eigenvalue weighted by Crippen LogP contribution is 2.65. The lowest BCUT2D eigenvalue weighted by molar-refractivity contribution is -0.179. The van der Waals surface area contributed by atoms with Crippen molar-refractivity contribution in [1.82, 2.24) is 0 Å². The molecule has 0 radical (unpaired) electrons. The molecule has 6 nitrogen and oxygen atoms in total. The van der Waals surface area contributed by atoms with Gasteiger partial charge in [-0.1, -0.05) is 67.7 Å². The zero-order valence-corrected chi connectivity index (χ0v) is 24.6. The largest absolute Gasteiger partial charge is 0.426 e. The van der Waals surface area contributed by atoms with E-state index >= 15 is 0 Å². The van der Waals surface area contributed by atoms with E-state index in [0.29, 0.717) is 23.1 Å². The maximum absolute atomic E-state index is 14.2. The fourth-order valence-corrected chi connectivity index (χ4v) is 11.0. The van der Waals surface area contributed by atoms with E-state index in [4.69, 9.17) is 14.2 Å². The molecule has 4 atom stereocenters. The molecule has 0 unspecified atom stereocenters. The minimum absolute atomic E-state index is 0.00687. The van der Waals surface area contributed by atoms with Crippen molar-refractivity contribution >= 4 is 30.8 Å². The number of hydrogen-bond donors (Lipinski definition) is 0. The molecule has 1 saturated carbocycles. The van der Waals surface area contributed by atoms with Crippen molar-refractivity contribution in [3.63, 3.8) is 0 Å². The standard InChI is InChI=1S/C32H36O6Si/c1-19(33)36-24-14-10-13-21-27(24)29(35)22-17-25-32(38-30(2,3)37-25)18-31(4,16-15-23(32)26(22)28(21)34)39(5,6)20-11-8-7-9-12-20/h7-14,23,25H,15-18H2,1-6H3/t23-,25-,31-,32+/m0/s1. The molecular formula is C32H36O6Si. The van der Waals surface area contributed by atoms with Crippen molar-refractivity contribution in [2.75, 3.05) is 0 Å². The summed E-state index contributed by atoms with van der Waals surface area (Å²) in [5.74, 6) is -1.88. The fraction of sp³-hybridized carbons (Fsp3) is 0.469. The minimum Gasteiger partial charge on any atom is -0.426 e. The number of Topliss-reactive ketones (excluding diaryl/α,β-unsaturated/α-hetero) is 2. The molecule has 0 N–H and O–H groups in total. The average molecular weight is 545 g/mol. The van der Waals surface area contributed by atoms with Gasteiger partial charge in [-0.15, -0.1) is 0 Å². The Kier molecular flexibility index (Phi) is 5.79. The number of ketones is 2. The summed E-state index contributed by atoms with van der Waals surface area (Å²) in [6.07, 6.45) is 2.40. The summed E-state index contributed by atoms with van der Waals surface area (Å²) in [6.45, 7) is 12.4. The topological polar surface area (TPSA) is 78.9 Å². The third-order valence-corrected chi connectivity index (χ3v) is 15.2. The predicted molar refractivity (Wildman–Crippen MR) is 150 cm³/mol. The second-order valence-electron chi connectivity index (χ2n) is 12.9. The van der Waals surface area contributed by atoms with Crippen LogP contribution in [0.25, 0.3) is 0 Å². The number of carbonyl (C=O) groups is 3. The van der Waals surface area contributed by atoms with E-state index in [9.17, 15) is 14.4 Å². The Labute approximate surface area is 230 Å². The number of hydrogen-bond acceptors (Lipinski definition) is 6. The third kappa shape index (κ3) is 3.77. The summed E-state index contributed by atoms with van der Waals surface area (Å²) in [7, 11) is -2.00. The molecule has 4 aliphatic rings. The minimum atomic E-state index is -2.00. The maximum Gasteiger partial charge on any atom is 0.308 e. The van der Waals surface area contributed by atoms with Crippen LogP contribution in [0.1, 0.15) is 74.1 Å². The number of esters is 1. The molecule has 39 heavy (non-hydrogen) atoms. The van der Waals surface area contributed by atoms with Gasteiger partial charge in [-0.05, 0) is 44.2 Å². The monoisotopic (exact) mass is 544 g/mol. The summed E-state index contributed by atoms with van der Waals surface area (Å²) < 4.78 is 18.8. The molecule has 1 aliphatic heterocycles. The average Bonchev–Trinajstić information content (AvgIpc) is 3.13. The number of fused-ring (bicyclic) bond motifs is 2. The Balaban J connectivity index is 1.47. The van der Waals surface area contributed by atoms with Crippen LogP contribution in [-0.4, -0.2) is 43.1 Å².